The monoisotopic (exact) mass is 109 g/mol. The molecular weight excluding hydrogens is 100 g/mol. The van der Waals surface area contributed by atoms with Gasteiger partial charge >= 0.3 is 0 Å². The standard InChI is InChI=1S/C7H8O/c1-7-5-3-2-4-6(7)8-7/h2-6H,1H3/i6D. The molecule has 1 saturated heterocycles. The highest BCUT2D eigenvalue weighted by atomic mass is 16.6. The first-order chi connectivity index (χ1) is 4.16. The van der Waals surface area contributed by atoms with Crippen LogP contribution in [0.5, 0.6) is 0 Å². The van der Waals surface area contributed by atoms with Crippen molar-refractivity contribution < 1.29 is 6.11 Å². The highest BCUT2D eigenvalue weighted by Gasteiger charge is 2.49. The first-order valence-corrected chi connectivity index (χ1v) is 2.74. The molecule has 0 aromatic carbocycles. The molecular formula is C7H8O. The predicted octanol–water partition coefficient (Wildman–Crippen LogP) is 1.27. The van der Waals surface area contributed by atoms with E-state index in [4.69, 9.17) is 6.11 Å². The number of ether oxygens (including phenoxy) is 1. The van der Waals surface area contributed by atoms with Gasteiger partial charge in [0.1, 0.15) is 11.7 Å². The molecule has 2 atom stereocenters. The minimum Gasteiger partial charge on any atom is -0.357 e. The van der Waals surface area contributed by atoms with Crippen LogP contribution < -0.4 is 0 Å². The average molecular weight is 109 g/mol. The maximum Gasteiger partial charge on any atom is 0.114 e. The quantitative estimate of drug-likeness (QED) is 0.427. The van der Waals surface area contributed by atoms with E-state index < -0.39 is 6.08 Å². The molecule has 0 aromatic rings. The molecule has 1 aliphatic heterocycles. The second-order valence-corrected chi connectivity index (χ2v) is 2.29. The largest absolute Gasteiger partial charge is 0.357 e. The van der Waals surface area contributed by atoms with Gasteiger partial charge in [0.2, 0.25) is 0 Å². The van der Waals surface area contributed by atoms with Gasteiger partial charge in [-0.15, -0.1) is 0 Å². The van der Waals surface area contributed by atoms with E-state index in [9.17, 15) is 0 Å². The number of epoxide rings is 1. The van der Waals surface area contributed by atoms with Gasteiger partial charge in [-0.05, 0) is 6.92 Å². The van der Waals surface area contributed by atoms with Gasteiger partial charge in [-0.25, -0.2) is 0 Å². The van der Waals surface area contributed by atoms with Gasteiger partial charge in [-0.1, -0.05) is 24.3 Å². The Hall–Kier alpha value is -0.560. The molecule has 42 valence electrons. The lowest BCUT2D eigenvalue weighted by Gasteiger charge is -1.96. The Bertz CT molecular complexity index is 187. The van der Waals surface area contributed by atoms with Crippen molar-refractivity contribution in [2.75, 3.05) is 0 Å². The third-order valence-electron chi connectivity index (χ3n) is 1.54. The highest BCUT2D eigenvalue weighted by molar-refractivity contribution is 5.29. The van der Waals surface area contributed by atoms with E-state index in [1.54, 1.807) is 6.08 Å². The summed E-state index contributed by atoms with van der Waals surface area (Å²) in [5.74, 6) is 0. The lowest BCUT2D eigenvalue weighted by Crippen LogP contribution is -2.04. The van der Waals surface area contributed by atoms with E-state index in [2.05, 4.69) is 0 Å². The average Bonchev–Trinajstić information content (AvgIpc) is 2.33. The Labute approximate surface area is 50.1 Å². The Morgan fingerprint density at radius 1 is 1.75 bits per heavy atom. The van der Waals surface area contributed by atoms with Crippen LogP contribution in [0.1, 0.15) is 8.29 Å². The van der Waals surface area contributed by atoms with Gasteiger partial charge in [0.25, 0.3) is 0 Å². The molecule has 2 aliphatic rings. The summed E-state index contributed by atoms with van der Waals surface area (Å²) in [6.45, 7) is 1.92. The molecule has 2 unspecified atom stereocenters. The summed E-state index contributed by atoms with van der Waals surface area (Å²) in [4.78, 5) is 0. The minimum absolute atomic E-state index is 0.318. The van der Waals surface area contributed by atoms with Gasteiger partial charge in [-0.3, -0.25) is 0 Å². The van der Waals surface area contributed by atoms with Crippen LogP contribution in [0.15, 0.2) is 24.3 Å². The molecule has 0 aromatic heterocycles. The molecule has 1 heterocycles. The van der Waals surface area contributed by atoms with E-state index in [-0.39, 0.29) is 5.60 Å². The zero-order valence-electron chi connectivity index (χ0n) is 5.72. The Morgan fingerprint density at radius 2 is 2.62 bits per heavy atom. The molecule has 0 saturated carbocycles. The Morgan fingerprint density at radius 3 is 3.12 bits per heavy atom. The fourth-order valence-electron chi connectivity index (χ4n) is 0.901. The first-order valence-electron chi connectivity index (χ1n) is 3.24. The van der Waals surface area contributed by atoms with Crippen LogP contribution in [0.4, 0.5) is 0 Å². The van der Waals surface area contributed by atoms with Gasteiger partial charge in [-0.2, -0.15) is 0 Å². The summed E-state index contributed by atoms with van der Waals surface area (Å²) < 4.78 is 12.7. The molecule has 8 heavy (non-hydrogen) atoms. The van der Waals surface area contributed by atoms with Crippen LogP contribution in [0.3, 0.4) is 0 Å². The highest BCUT2D eigenvalue weighted by Crippen LogP contribution is 2.40. The molecule has 0 spiro atoms. The molecule has 0 amide bonds. The van der Waals surface area contributed by atoms with Crippen LogP contribution in [0.2, 0.25) is 0 Å². The summed E-state index contributed by atoms with van der Waals surface area (Å²) in [5.41, 5.74) is -0.318. The van der Waals surface area contributed by atoms with Gasteiger partial charge in [0.05, 0.1) is 1.37 Å². The number of rotatable bonds is 0. The molecule has 2 rings (SSSR count). The summed E-state index contributed by atoms with van der Waals surface area (Å²) in [6.07, 6.45) is 6.72. The van der Waals surface area contributed by atoms with Crippen molar-refractivity contribution in [1.29, 1.82) is 0 Å². The van der Waals surface area contributed by atoms with Crippen LogP contribution in [-0.4, -0.2) is 11.7 Å². The Kier molecular flexibility index (Phi) is 0.457. The summed E-state index contributed by atoms with van der Waals surface area (Å²) in [6, 6.07) is 0. The zero-order valence-corrected chi connectivity index (χ0v) is 4.72. The van der Waals surface area contributed by atoms with Crippen molar-refractivity contribution in [3.63, 3.8) is 0 Å². The maximum absolute atomic E-state index is 7.54. The van der Waals surface area contributed by atoms with Crippen molar-refractivity contribution in [2.45, 2.75) is 18.6 Å². The normalized spacial score (nSPS) is 59.9. The number of hydrogen-bond acceptors (Lipinski definition) is 1. The number of fused-ring (bicyclic) bond motifs is 1. The topological polar surface area (TPSA) is 12.5 Å². The second kappa shape index (κ2) is 1.06. The van der Waals surface area contributed by atoms with E-state index in [1.165, 1.54) is 0 Å². The molecule has 1 heteroatoms. The zero-order chi connectivity index (χ0) is 6.54. The second-order valence-electron chi connectivity index (χ2n) is 2.29. The van der Waals surface area contributed by atoms with Gasteiger partial charge < -0.3 is 4.74 Å². The molecule has 0 radical (unpaired) electrons. The first kappa shape index (κ1) is 3.46. The molecule has 0 bridgehead atoms. The lowest BCUT2D eigenvalue weighted by molar-refractivity contribution is 0.357. The van der Waals surface area contributed by atoms with Crippen molar-refractivity contribution >= 4 is 0 Å². The van der Waals surface area contributed by atoms with Crippen LogP contribution >= 0.6 is 0 Å². The fraction of sp³-hybridized carbons (Fsp3) is 0.429. The smallest absolute Gasteiger partial charge is 0.114 e. The molecule has 1 aliphatic carbocycles. The molecule has 1 nitrogen and oxygen atoms in total. The third kappa shape index (κ3) is 0.397. The molecule has 1 fully saturated rings. The summed E-state index contributed by atoms with van der Waals surface area (Å²) in [5, 5.41) is 0. The summed E-state index contributed by atoms with van der Waals surface area (Å²) >= 11 is 0. The van der Waals surface area contributed by atoms with Crippen LogP contribution in [0, 0.1) is 0 Å². The number of hydrogen-bond donors (Lipinski definition) is 0. The van der Waals surface area contributed by atoms with Crippen molar-refractivity contribution in [1.82, 2.24) is 0 Å². The van der Waals surface area contributed by atoms with E-state index in [1.807, 2.05) is 25.2 Å². The number of allylic oxidation sites excluding steroid dienone is 2. The van der Waals surface area contributed by atoms with Crippen LogP contribution in [-0.2, 0) is 4.74 Å². The SMILES string of the molecule is [2H]C12C=CC=CC1(C)O2. The lowest BCUT2D eigenvalue weighted by atomic mass is 10.0. The van der Waals surface area contributed by atoms with Gasteiger partial charge in [0, 0.05) is 0 Å². The molecule has 0 N–H and O–H groups in total. The van der Waals surface area contributed by atoms with Crippen molar-refractivity contribution in [3.8, 4) is 0 Å². The van der Waals surface area contributed by atoms with E-state index in [0.717, 1.165) is 0 Å². The minimum atomic E-state index is -0.734. The van der Waals surface area contributed by atoms with Crippen molar-refractivity contribution in [2.24, 2.45) is 0 Å². The fourth-order valence-corrected chi connectivity index (χ4v) is 0.901. The van der Waals surface area contributed by atoms with E-state index in [0.29, 0.717) is 0 Å². The van der Waals surface area contributed by atoms with Crippen LogP contribution in [0.25, 0.3) is 0 Å². The third-order valence-corrected chi connectivity index (χ3v) is 1.54. The van der Waals surface area contributed by atoms with Gasteiger partial charge in [0.15, 0.2) is 0 Å². The Balaban J connectivity index is 2.40. The van der Waals surface area contributed by atoms with E-state index >= 15 is 0 Å². The predicted molar refractivity (Wildman–Crippen MR) is 31.6 cm³/mol. The maximum atomic E-state index is 7.54. The van der Waals surface area contributed by atoms with Crippen molar-refractivity contribution in [3.05, 3.63) is 24.3 Å². The summed E-state index contributed by atoms with van der Waals surface area (Å²) in [7, 11) is 0.